The summed E-state index contributed by atoms with van der Waals surface area (Å²) in [5, 5.41) is 11.1. The molecule has 3 aromatic heterocycles. The molecule has 0 unspecified atom stereocenters. The largest absolute Gasteiger partial charge is 0.226 e. The van der Waals surface area contributed by atoms with E-state index < -0.39 is 0 Å². The molecule has 10 rings (SSSR count). The van der Waals surface area contributed by atoms with E-state index in [-0.39, 0.29) is 0 Å². The number of benzene rings is 7. The predicted octanol–water partition coefficient (Wildman–Crippen LogP) is 12.0. The van der Waals surface area contributed by atoms with Crippen LogP contribution in [-0.4, -0.2) is 9.97 Å². The molecule has 3 heterocycles. The number of aromatic nitrogens is 2. The summed E-state index contributed by atoms with van der Waals surface area (Å²) in [6.45, 7) is 0. The Hall–Kier alpha value is -5.16. The lowest BCUT2D eigenvalue weighted by molar-refractivity contribution is 1.25. The van der Waals surface area contributed by atoms with Crippen molar-refractivity contribution in [3.8, 4) is 22.6 Å². The van der Waals surface area contributed by atoms with Crippen molar-refractivity contribution in [2.24, 2.45) is 0 Å². The van der Waals surface area contributed by atoms with Gasteiger partial charge in [0.05, 0.1) is 15.9 Å². The Morgan fingerprint density at radius 1 is 0.432 bits per heavy atom. The lowest BCUT2D eigenvalue weighted by atomic mass is 9.98. The Labute approximate surface area is 260 Å². The summed E-state index contributed by atoms with van der Waals surface area (Å²) in [5.41, 5.74) is 4.20. The Morgan fingerprint density at radius 3 is 1.98 bits per heavy atom. The van der Waals surface area contributed by atoms with Crippen molar-refractivity contribution < 1.29 is 0 Å². The van der Waals surface area contributed by atoms with E-state index in [1.54, 1.807) is 11.3 Å². The number of hydrogen-bond donors (Lipinski definition) is 0. The average Bonchev–Trinajstić information content (AvgIpc) is 3.67. The summed E-state index contributed by atoms with van der Waals surface area (Å²) in [5.74, 6) is 0.771. The molecule has 0 amide bonds. The first kappa shape index (κ1) is 24.3. The minimum atomic E-state index is 0.771. The van der Waals surface area contributed by atoms with Gasteiger partial charge in [0.2, 0.25) is 0 Å². The highest BCUT2D eigenvalue weighted by molar-refractivity contribution is 7.27. The van der Waals surface area contributed by atoms with E-state index in [9.17, 15) is 0 Å². The molecular formula is C40H22N2S2. The lowest BCUT2D eigenvalue weighted by Gasteiger charge is -2.11. The smallest absolute Gasteiger partial charge is 0.161 e. The van der Waals surface area contributed by atoms with E-state index in [1.165, 1.54) is 62.6 Å². The maximum Gasteiger partial charge on any atom is 0.161 e. The molecule has 0 atom stereocenters. The zero-order valence-corrected chi connectivity index (χ0v) is 25.0. The second kappa shape index (κ2) is 9.17. The second-order valence-corrected chi connectivity index (χ2v) is 13.4. The van der Waals surface area contributed by atoms with E-state index in [2.05, 4.69) is 133 Å². The molecule has 44 heavy (non-hydrogen) atoms. The van der Waals surface area contributed by atoms with Crippen LogP contribution in [-0.2, 0) is 0 Å². The van der Waals surface area contributed by atoms with Crippen molar-refractivity contribution >= 4 is 95.5 Å². The number of hydrogen-bond acceptors (Lipinski definition) is 4. The molecule has 0 aliphatic rings. The van der Waals surface area contributed by atoms with Gasteiger partial charge >= 0.3 is 0 Å². The van der Waals surface area contributed by atoms with E-state index in [0.29, 0.717) is 0 Å². The Bertz CT molecular complexity index is 2790. The number of nitrogens with zero attached hydrogens (tertiary/aromatic N) is 2. The standard InChI is InChI=1S/C40H22N2S2/c1-2-11-25-21-27(18-17-23(25)9-1)35-39-36(30-15-7-8-16-33(30)43-39)42-40(41-35)32-22-26-12-4-6-14-29(26)38-34(32)31-20-19-24-10-3-5-13-28(24)37(31)44-38/h1-22H. The van der Waals surface area contributed by atoms with E-state index >= 15 is 0 Å². The van der Waals surface area contributed by atoms with Crippen molar-refractivity contribution in [3.05, 3.63) is 133 Å². The third-order valence-corrected chi connectivity index (χ3v) is 11.3. The first-order chi connectivity index (χ1) is 21.8. The van der Waals surface area contributed by atoms with Crippen molar-refractivity contribution in [1.82, 2.24) is 9.97 Å². The van der Waals surface area contributed by atoms with Crippen molar-refractivity contribution in [1.29, 1.82) is 0 Å². The monoisotopic (exact) mass is 594 g/mol. The van der Waals surface area contributed by atoms with Gasteiger partial charge in [0.1, 0.15) is 0 Å². The van der Waals surface area contributed by atoms with Crippen LogP contribution >= 0.6 is 22.7 Å². The van der Waals surface area contributed by atoms with Gasteiger partial charge in [-0.3, -0.25) is 0 Å². The summed E-state index contributed by atoms with van der Waals surface area (Å²) in [6.07, 6.45) is 0. The van der Waals surface area contributed by atoms with Crippen LogP contribution in [0.1, 0.15) is 0 Å². The predicted molar refractivity (Wildman–Crippen MR) is 191 cm³/mol. The highest BCUT2D eigenvalue weighted by Gasteiger charge is 2.21. The van der Waals surface area contributed by atoms with Gasteiger partial charge in [-0.25, -0.2) is 9.97 Å². The minimum absolute atomic E-state index is 0.771. The quantitative estimate of drug-likeness (QED) is 0.199. The fraction of sp³-hybridized carbons (Fsp3) is 0. The molecule has 0 N–H and O–H groups in total. The molecule has 0 spiro atoms. The lowest BCUT2D eigenvalue weighted by Crippen LogP contribution is -1.94. The van der Waals surface area contributed by atoms with E-state index in [0.717, 1.165) is 32.9 Å². The SMILES string of the molecule is c1ccc2cc(-c3nc(-c4cc5ccccc5c5sc6c7ccccc7ccc6c45)nc4c3sc3ccccc34)ccc2c1. The molecule has 0 aliphatic carbocycles. The van der Waals surface area contributed by atoms with Crippen LogP contribution in [0.3, 0.4) is 0 Å². The van der Waals surface area contributed by atoms with Gasteiger partial charge in [0, 0.05) is 41.4 Å². The molecule has 4 heteroatoms. The van der Waals surface area contributed by atoms with E-state index in [1.807, 2.05) is 11.3 Å². The fourth-order valence-electron chi connectivity index (χ4n) is 6.76. The summed E-state index contributed by atoms with van der Waals surface area (Å²) < 4.78 is 4.96. The normalized spacial score (nSPS) is 12.1. The highest BCUT2D eigenvalue weighted by atomic mass is 32.1. The molecule has 2 nitrogen and oxygen atoms in total. The Morgan fingerprint density at radius 2 is 1.11 bits per heavy atom. The van der Waals surface area contributed by atoms with Crippen molar-refractivity contribution in [3.63, 3.8) is 0 Å². The van der Waals surface area contributed by atoms with Gasteiger partial charge in [-0.1, -0.05) is 115 Å². The topological polar surface area (TPSA) is 25.8 Å². The fourth-order valence-corrected chi connectivity index (χ4v) is 9.31. The molecule has 0 bridgehead atoms. The van der Waals surface area contributed by atoms with Crippen LogP contribution in [0.2, 0.25) is 0 Å². The third kappa shape index (κ3) is 3.47. The number of thiophene rings is 2. The zero-order chi connectivity index (χ0) is 28.8. The maximum atomic E-state index is 5.45. The van der Waals surface area contributed by atoms with Gasteiger partial charge in [-0.05, 0) is 50.5 Å². The number of fused-ring (bicyclic) bond motifs is 11. The first-order valence-corrected chi connectivity index (χ1v) is 16.4. The third-order valence-electron chi connectivity index (χ3n) is 8.84. The van der Waals surface area contributed by atoms with Gasteiger partial charge in [-0.2, -0.15) is 0 Å². The molecule has 0 fully saturated rings. The molecule has 0 aliphatic heterocycles. The molecule has 7 aromatic carbocycles. The summed E-state index contributed by atoms with van der Waals surface area (Å²) >= 11 is 3.67. The second-order valence-electron chi connectivity index (χ2n) is 11.3. The van der Waals surface area contributed by atoms with Crippen LogP contribution in [0.15, 0.2) is 133 Å². The van der Waals surface area contributed by atoms with Crippen molar-refractivity contribution in [2.75, 3.05) is 0 Å². The molecular weight excluding hydrogens is 573 g/mol. The number of rotatable bonds is 2. The molecule has 10 aromatic rings. The first-order valence-electron chi connectivity index (χ1n) is 14.7. The van der Waals surface area contributed by atoms with Crippen LogP contribution in [0.4, 0.5) is 0 Å². The molecule has 0 saturated carbocycles. The summed E-state index contributed by atoms with van der Waals surface area (Å²) in [4.78, 5) is 10.8. The van der Waals surface area contributed by atoms with E-state index in [4.69, 9.17) is 9.97 Å². The van der Waals surface area contributed by atoms with Gasteiger partial charge < -0.3 is 0 Å². The highest BCUT2D eigenvalue weighted by Crippen LogP contribution is 2.47. The zero-order valence-electron chi connectivity index (χ0n) is 23.4. The molecule has 0 saturated heterocycles. The summed E-state index contributed by atoms with van der Waals surface area (Å²) in [7, 11) is 0. The average molecular weight is 595 g/mol. The van der Waals surface area contributed by atoms with Crippen LogP contribution < -0.4 is 0 Å². The van der Waals surface area contributed by atoms with Crippen LogP contribution in [0.25, 0.3) is 95.4 Å². The summed E-state index contributed by atoms with van der Waals surface area (Å²) in [6, 6.07) is 48.1. The van der Waals surface area contributed by atoms with Crippen LogP contribution in [0, 0.1) is 0 Å². The van der Waals surface area contributed by atoms with Crippen LogP contribution in [0.5, 0.6) is 0 Å². The van der Waals surface area contributed by atoms with Gasteiger partial charge in [0.15, 0.2) is 5.82 Å². The van der Waals surface area contributed by atoms with Gasteiger partial charge in [0.25, 0.3) is 0 Å². The maximum absolute atomic E-state index is 5.45. The Balaban J connectivity index is 1.36. The van der Waals surface area contributed by atoms with Gasteiger partial charge in [-0.15, -0.1) is 22.7 Å². The minimum Gasteiger partial charge on any atom is -0.226 e. The Kier molecular flexibility index (Phi) is 5.06. The molecule has 204 valence electrons. The molecule has 0 radical (unpaired) electrons. The van der Waals surface area contributed by atoms with Crippen molar-refractivity contribution in [2.45, 2.75) is 0 Å².